The highest BCUT2D eigenvalue weighted by Gasteiger charge is 2.15. The van der Waals surface area contributed by atoms with Crippen LogP contribution in [0.15, 0.2) is 30.3 Å². The number of benzene rings is 1. The van der Waals surface area contributed by atoms with Crippen molar-refractivity contribution in [2.45, 2.75) is 3.41 Å². The molecule has 0 aliphatic rings. The van der Waals surface area contributed by atoms with Crippen LogP contribution >= 0.6 is 37.9 Å². The van der Waals surface area contributed by atoms with Gasteiger partial charge < -0.3 is 0 Å². The fourth-order valence-electron chi connectivity index (χ4n) is 0.662. The summed E-state index contributed by atoms with van der Waals surface area (Å²) in [6.07, 6.45) is 0. The molecule has 54 valence electrons. The van der Waals surface area contributed by atoms with Gasteiger partial charge in [-0.2, -0.15) is 0 Å². The molecule has 0 atom stereocenters. The molecule has 0 fully saturated rings. The van der Waals surface area contributed by atoms with Crippen LogP contribution in [0.1, 0.15) is 5.56 Å². The predicted octanol–water partition coefficient (Wildman–Crippen LogP) is 2.59. The second-order valence-corrected chi connectivity index (χ2v) is 5.07. The van der Waals surface area contributed by atoms with Crippen molar-refractivity contribution in [3.05, 3.63) is 35.9 Å². The Morgan fingerprint density at radius 2 is 1.40 bits per heavy atom. The van der Waals surface area contributed by atoms with Crippen molar-refractivity contribution in [3.8, 4) is 0 Å². The van der Waals surface area contributed by atoms with E-state index in [1.165, 1.54) is 0 Å². The number of hydrogen-bond acceptors (Lipinski definition) is 3. The van der Waals surface area contributed by atoms with Crippen LogP contribution in [-0.4, -0.2) is 0 Å². The molecule has 0 unspecified atom stereocenters. The van der Waals surface area contributed by atoms with Gasteiger partial charge in [-0.3, -0.25) is 0 Å². The van der Waals surface area contributed by atoms with Crippen LogP contribution in [0.2, 0.25) is 0 Å². The van der Waals surface area contributed by atoms with Gasteiger partial charge in [0.25, 0.3) is 0 Å². The third-order valence-corrected chi connectivity index (χ3v) is 1.94. The molecule has 1 aromatic rings. The van der Waals surface area contributed by atoms with Gasteiger partial charge in [-0.15, -0.1) is 37.9 Å². The second-order valence-electron chi connectivity index (χ2n) is 2.00. The van der Waals surface area contributed by atoms with Crippen LogP contribution in [0.5, 0.6) is 0 Å². The molecule has 0 aromatic heterocycles. The van der Waals surface area contributed by atoms with E-state index in [-0.39, 0.29) is 0 Å². The molecule has 0 spiro atoms. The molecule has 0 amide bonds. The standard InChI is InChI=1S/C7H8S3/c8-7(9,10)6-4-2-1-3-5-6/h1-5,8-10H. The largest absolute Gasteiger partial charge is 0.147 e. The van der Waals surface area contributed by atoms with E-state index in [0.717, 1.165) is 5.56 Å². The van der Waals surface area contributed by atoms with E-state index < -0.39 is 3.41 Å². The highest BCUT2D eigenvalue weighted by molar-refractivity contribution is 8.15. The minimum Gasteiger partial charge on any atom is -0.147 e. The number of thiol groups is 3. The smallest absolute Gasteiger partial charge is 0.124 e. The molecule has 0 aliphatic carbocycles. The van der Waals surface area contributed by atoms with Crippen LogP contribution in [-0.2, 0) is 3.41 Å². The Morgan fingerprint density at radius 1 is 0.900 bits per heavy atom. The van der Waals surface area contributed by atoms with E-state index in [2.05, 4.69) is 37.9 Å². The molecule has 1 aromatic carbocycles. The summed E-state index contributed by atoms with van der Waals surface area (Å²) in [6, 6.07) is 9.70. The van der Waals surface area contributed by atoms with Gasteiger partial charge in [-0.1, -0.05) is 30.3 Å². The van der Waals surface area contributed by atoms with E-state index in [9.17, 15) is 0 Å². The van der Waals surface area contributed by atoms with Gasteiger partial charge in [-0.25, -0.2) is 0 Å². The Balaban J connectivity index is 2.97. The Morgan fingerprint density at radius 3 is 1.70 bits per heavy atom. The fraction of sp³-hybridized carbons (Fsp3) is 0.143. The molecule has 0 aliphatic heterocycles. The Bertz CT molecular complexity index is 200. The SMILES string of the molecule is SC(S)(S)c1ccccc1. The molecule has 0 N–H and O–H groups in total. The molecule has 10 heavy (non-hydrogen) atoms. The first kappa shape index (κ1) is 8.37. The molecule has 0 nitrogen and oxygen atoms in total. The maximum Gasteiger partial charge on any atom is 0.124 e. The number of hydrogen-bond donors (Lipinski definition) is 3. The van der Waals surface area contributed by atoms with E-state index >= 15 is 0 Å². The molecule has 0 saturated heterocycles. The van der Waals surface area contributed by atoms with E-state index in [0.29, 0.717) is 0 Å². The van der Waals surface area contributed by atoms with Crippen molar-refractivity contribution < 1.29 is 0 Å². The van der Waals surface area contributed by atoms with Gasteiger partial charge in [0.1, 0.15) is 3.41 Å². The van der Waals surface area contributed by atoms with Crippen LogP contribution in [0, 0.1) is 0 Å². The zero-order chi connectivity index (χ0) is 7.61. The van der Waals surface area contributed by atoms with Crippen LogP contribution in [0.3, 0.4) is 0 Å². The van der Waals surface area contributed by atoms with E-state index in [4.69, 9.17) is 0 Å². The summed E-state index contributed by atoms with van der Waals surface area (Å²) in [7, 11) is 0. The summed E-state index contributed by atoms with van der Waals surface area (Å²) in [5, 5.41) is 0. The average molecular weight is 188 g/mol. The molecule has 0 saturated carbocycles. The normalized spacial score (nSPS) is 11.5. The van der Waals surface area contributed by atoms with Crippen molar-refractivity contribution >= 4 is 37.9 Å². The third kappa shape index (κ3) is 2.15. The van der Waals surface area contributed by atoms with Crippen molar-refractivity contribution in [2.75, 3.05) is 0 Å². The van der Waals surface area contributed by atoms with Gasteiger partial charge in [0, 0.05) is 0 Å². The molecule has 3 heteroatoms. The van der Waals surface area contributed by atoms with Crippen molar-refractivity contribution in [1.82, 2.24) is 0 Å². The van der Waals surface area contributed by atoms with Crippen LogP contribution in [0.25, 0.3) is 0 Å². The first-order valence-corrected chi connectivity index (χ1v) is 4.17. The van der Waals surface area contributed by atoms with Crippen LogP contribution in [0.4, 0.5) is 0 Å². The summed E-state index contributed by atoms with van der Waals surface area (Å²) in [4.78, 5) is 0. The molecule has 0 heterocycles. The number of rotatable bonds is 1. The maximum absolute atomic E-state index is 4.17. The van der Waals surface area contributed by atoms with Gasteiger partial charge in [-0.05, 0) is 5.56 Å². The lowest BCUT2D eigenvalue weighted by molar-refractivity contribution is 1.33. The topological polar surface area (TPSA) is 0 Å². The first-order valence-electron chi connectivity index (χ1n) is 2.83. The van der Waals surface area contributed by atoms with Crippen molar-refractivity contribution in [2.24, 2.45) is 0 Å². The zero-order valence-electron chi connectivity index (χ0n) is 5.23. The lowest BCUT2D eigenvalue weighted by Gasteiger charge is -2.14. The predicted molar refractivity (Wildman–Crippen MR) is 55.1 cm³/mol. The second kappa shape index (κ2) is 3.11. The maximum atomic E-state index is 4.17. The minimum atomic E-state index is -0.624. The van der Waals surface area contributed by atoms with Crippen molar-refractivity contribution in [1.29, 1.82) is 0 Å². The molecule has 1 rings (SSSR count). The Labute approximate surface area is 77.3 Å². The summed E-state index contributed by atoms with van der Waals surface area (Å²) < 4.78 is -0.624. The van der Waals surface area contributed by atoms with Crippen LogP contribution < -0.4 is 0 Å². The summed E-state index contributed by atoms with van der Waals surface area (Å²) in [5.74, 6) is 0. The molecule has 0 bridgehead atoms. The molecule has 0 radical (unpaired) electrons. The Kier molecular flexibility index (Phi) is 2.61. The highest BCUT2D eigenvalue weighted by Crippen LogP contribution is 2.35. The fourth-order valence-corrected chi connectivity index (χ4v) is 1.11. The molecular formula is C7H8S3. The first-order chi connectivity index (χ1) is 4.61. The Hall–Kier alpha value is 0.270. The highest BCUT2D eigenvalue weighted by atomic mass is 32.2. The third-order valence-electron chi connectivity index (χ3n) is 1.16. The summed E-state index contributed by atoms with van der Waals surface area (Å²) >= 11 is 12.5. The van der Waals surface area contributed by atoms with E-state index in [1.54, 1.807) is 0 Å². The van der Waals surface area contributed by atoms with Crippen molar-refractivity contribution in [3.63, 3.8) is 0 Å². The molecular weight excluding hydrogens is 180 g/mol. The lowest BCUT2D eigenvalue weighted by Crippen LogP contribution is -1.98. The zero-order valence-corrected chi connectivity index (χ0v) is 7.91. The van der Waals surface area contributed by atoms with Gasteiger partial charge in [0.15, 0.2) is 0 Å². The monoisotopic (exact) mass is 188 g/mol. The van der Waals surface area contributed by atoms with Gasteiger partial charge in [0.05, 0.1) is 0 Å². The average Bonchev–Trinajstić information content (AvgIpc) is 1.88. The van der Waals surface area contributed by atoms with Gasteiger partial charge in [0.2, 0.25) is 0 Å². The quantitative estimate of drug-likeness (QED) is 0.438. The summed E-state index contributed by atoms with van der Waals surface area (Å²) in [5.41, 5.74) is 0.991. The van der Waals surface area contributed by atoms with E-state index in [1.807, 2.05) is 30.3 Å². The minimum absolute atomic E-state index is 0.624. The van der Waals surface area contributed by atoms with Gasteiger partial charge >= 0.3 is 0 Å². The summed E-state index contributed by atoms with van der Waals surface area (Å²) in [6.45, 7) is 0. The lowest BCUT2D eigenvalue weighted by atomic mass is 10.2.